The molecule has 1 spiro atoms. The van der Waals surface area contributed by atoms with Crippen LogP contribution in [0.1, 0.15) is 33.5 Å². The largest absolute Gasteiger partial charge is 0.365 e. The molecule has 0 unspecified atom stereocenters. The SMILES string of the molecule is Cc1ccc(CNc2nc(N3CCC4(CNC4)C3)ncc2C(=O)NCc2ccccc2)cc1Cl. The molecular formula is C26H29ClN6O. The highest BCUT2D eigenvalue weighted by Crippen LogP contribution is 2.35. The Kier molecular flexibility index (Phi) is 6.39. The maximum Gasteiger partial charge on any atom is 0.256 e. The van der Waals surface area contributed by atoms with E-state index >= 15 is 0 Å². The van der Waals surface area contributed by atoms with Crippen LogP contribution in [0.25, 0.3) is 0 Å². The molecule has 0 atom stereocenters. The minimum atomic E-state index is -0.207. The molecule has 3 aromatic rings. The minimum absolute atomic E-state index is 0.207. The summed E-state index contributed by atoms with van der Waals surface area (Å²) in [4.78, 5) is 24.7. The zero-order chi connectivity index (χ0) is 23.5. The van der Waals surface area contributed by atoms with Crippen LogP contribution in [0, 0.1) is 12.3 Å². The Morgan fingerprint density at radius 1 is 1.15 bits per heavy atom. The van der Waals surface area contributed by atoms with Gasteiger partial charge in [-0.1, -0.05) is 54.1 Å². The lowest BCUT2D eigenvalue weighted by molar-refractivity contribution is 0.0951. The number of rotatable bonds is 7. The van der Waals surface area contributed by atoms with Crippen LogP contribution in [0.15, 0.2) is 54.7 Å². The third-order valence-corrected chi connectivity index (χ3v) is 7.14. The third kappa shape index (κ3) is 4.86. The number of aromatic nitrogens is 2. The van der Waals surface area contributed by atoms with Crippen LogP contribution in [-0.4, -0.2) is 42.1 Å². The van der Waals surface area contributed by atoms with Crippen molar-refractivity contribution in [2.24, 2.45) is 5.41 Å². The molecule has 7 nitrogen and oxygen atoms in total. The van der Waals surface area contributed by atoms with E-state index in [0.29, 0.717) is 35.8 Å². The number of carbonyl (C=O) groups excluding carboxylic acids is 1. The molecular weight excluding hydrogens is 448 g/mol. The van der Waals surface area contributed by atoms with E-state index in [1.807, 2.05) is 55.5 Å². The van der Waals surface area contributed by atoms with Crippen molar-refractivity contribution >= 4 is 29.3 Å². The van der Waals surface area contributed by atoms with Gasteiger partial charge in [0.15, 0.2) is 0 Å². The van der Waals surface area contributed by atoms with Crippen LogP contribution >= 0.6 is 11.6 Å². The highest BCUT2D eigenvalue weighted by atomic mass is 35.5. The Labute approximate surface area is 204 Å². The van der Waals surface area contributed by atoms with Gasteiger partial charge < -0.3 is 20.9 Å². The zero-order valence-electron chi connectivity index (χ0n) is 19.3. The quantitative estimate of drug-likeness (QED) is 0.481. The molecule has 0 radical (unpaired) electrons. The normalized spacial score (nSPS) is 16.4. The average molecular weight is 477 g/mol. The second kappa shape index (κ2) is 9.60. The van der Waals surface area contributed by atoms with E-state index in [9.17, 15) is 4.79 Å². The number of benzene rings is 2. The fourth-order valence-corrected chi connectivity index (χ4v) is 4.71. The molecule has 3 N–H and O–H groups in total. The number of anilines is 2. The summed E-state index contributed by atoms with van der Waals surface area (Å²) in [6.45, 7) is 6.87. The predicted molar refractivity (Wildman–Crippen MR) is 135 cm³/mol. The molecule has 0 aliphatic carbocycles. The van der Waals surface area contributed by atoms with Crippen LogP contribution in [-0.2, 0) is 13.1 Å². The van der Waals surface area contributed by atoms with E-state index in [0.717, 1.165) is 54.3 Å². The zero-order valence-corrected chi connectivity index (χ0v) is 20.0. The second-order valence-electron chi connectivity index (χ2n) is 9.31. The first-order chi connectivity index (χ1) is 16.5. The van der Waals surface area contributed by atoms with Crippen molar-refractivity contribution in [3.63, 3.8) is 0 Å². The molecule has 2 fully saturated rings. The molecule has 1 amide bonds. The van der Waals surface area contributed by atoms with Gasteiger partial charge in [-0.15, -0.1) is 0 Å². The lowest BCUT2D eigenvalue weighted by Gasteiger charge is -2.39. The second-order valence-corrected chi connectivity index (χ2v) is 9.72. The number of halogens is 1. The van der Waals surface area contributed by atoms with Gasteiger partial charge in [-0.3, -0.25) is 4.79 Å². The van der Waals surface area contributed by atoms with Gasteiger partial charge in [0.25, 0.3) is 5.91 Å². The van der Waals surface area contributed by atoms with Crippen molar-refractivity contribution in [3.05, 3.63) is 82.0 Å². The van der Waals surface area contributed by atoms with Crippen molar-refractivity contribution in [3.8, 4) is 0 Å². The van der Waals surface area contributed by atoms with E-state index in [-0.39, 0.29) is 5.91 Å². The van der Waals surface area contributed by atoms with Crippen LogP contribution in [0.3, 0.4) is 0 Å². The highest BCUT2D eigenvalue weighted by molar-refractivity contribution is 6.31. The summed E-state index contributed by atoms with van der Waals surface area (Å²) >= 11 is 6.30. The molecule has 3 heterocycles. The van der Waals surface area contributed by atoms with E-state index in [1.165, 1.54) is 0 Å². The Balaban J connectivity index is 1.36. The molecule has 2 aliphatic heterocycles. The summed E-state index contributed by atoms with van der Waals surface area (Å²) in [6.07, 6.45) is 2.77. The van der Waals surface area contributed by atoms with Crippen LogP contribution in [0.2, 0.25) is 5.02 Å². The van der Waals surface area contributed by atoms with Crippen molar-refractivity contribution in [1.82, 2.24) is 20.6 Å². The van der Waals surface area contributed by atoms with Gasteiger partial charge in [-0.2, -0.15) is 4.98 Å². The van der Waals surface area contributed by atoms with Gasteiger partial charge in [0.2, 0.25) is 5.95 Å². The minimum Gasteiger partial charge on any atom is -0.365 e. The van der Waals surface area contributed by atoms with E-state index in [2.05, 4.69) is 25.8 Å². The van der Waals surface area contributed by atoms with Gasteiger partial charge in [-0.05, 0) is 36.1 Å². The molecule has 2 aliphatic rings. The Morgan fingerprint density at radius 2 is 1.97 bits per heavy atom. The Hall–Kier alpha value is -3.16. The lowest BCUT2D eigenvalue weighted by Crippen LogP contribution is -2.54. The molecule has 2 aromatic carbocycles. The first-order valence-electron chi connectivity index (χ1n) is 11.7. The third-order valence-electron chi connectivity index (χ3n) is 6.73. The van der Waals surface area contributed by atoms with E-state index in [4.69, 9.17) is 16.6 Å². The van der Waals surface area contributed by atoms with E-state index in [1.54, 1.807) is 6.20 Å². The van der Waals surface area contributed by atoms with Crippen LogP contribution < -0.4 is 20.9 Å². The molecule has 1 aromatic heterocycles. The lowest BCUT2D eigenvalue weighted by atomic mass is 9.81. The summed E-state index contributed by atoms with van der Waals surface area (Å²) in [6, 6.07) is 15.8. The monoisotopic (exact) mass is 476 g/mol. The first-order valence-corrected chi connectivity index (χ1v) is 12.0. The molecule has 0 saturated carbocycles. The standard InChI is InChI=1S/C26H29ClN6O/c1-18-7-8-20(11-22(18)27)13-29-23-21(24(34)30-12-19-5-3-2-4-6-19)14-31-25(32-23)33-10-9-26(17-33)15-28-16-26/h2-8,11,14,28H,9-10,12-13,15-17H2,1H3,(H,30,34)(H,29,31,32). The van der Waals surface area contributed by atoms with Crippen LogP contribution in [0.5, 0.6) is 0 Å². The first kappa shape index (κ1) is 22.6. The maximum absolute atomic E-state index is 13.1. The fraction of sp³-hybridized carbons (Fsp3) is 0.346. The Morgan fingerprint density at radius 3 is 2.68 bits per heavy atom. The number of aryl methyl sites for hydroxylation is 1. The van der Waals surface area contributed by atoms with Gasteiger partial charge in [0.1, 0.15) is 11.4 Å². The van der Waals surface area contributed by atoms with Gasteiger partial charge in [-0.25, -0.2) is 4.98 Å². The molecule has 5 rings (SSSR count). The summed E-state index contributed by atoms with van der Waals surface area (Å²) in [5.74, 6) is 0.980. The summed E-state index contributed by atoms with van der Waals surface area (Å²) in [5.41, 5.74) is 3.85. The summed E-state index contributed by atoms with van der Waals surface area (Å²) in [7, 11) is 0. The summed E-state index contributed by atoms with van der Waals surface area (Å²) < 4.78 is 0. The topological polar surface area (TPSA) is 82.2 Å². The van der Waals surface area contributed by atoms with Crippen molar-refractivity contribution in [2.75, 3.05) is 36.4 Å². The van der Waals surface area contributed by atoms with Crippen LogP contribution in [0.4, 0.5) is 11.8 Å². The number of hydrogen-bond acceptors (Lipinski definition) is 6. The number of carbonyl (C=O) groups is 1. The van der Waals surface area contributed by atoms with E-state index < -0.39 is 0 Å². The van der Waals surface area contributed by atoms with Gasteiger partial charge in [0.05, 0.1) is 0 Å². The average Bonchev–Trinajstić information content (AvgIpc) is 3.31. The molecule has 8 heteroatoms. The van der Waals surface area contributed by atoms with Crippen molar-refractivity contribution in [1.29, 1.82) is 0 Å². The maximum atomic E-state index is 13.1. The molecule has 0 bridgehead atoms. The number of nitrogens with zero attached hydrogens (tertiary/aromatic N) is 3. The Bertz CT molecular complexity index is 1180. The van der Waals surface area contributed by atoms with Crippen molar-refractivity contribution < 1.29 is 4.79 Å². The van der Waals surface area contributed by atoms with Gasteiger partial charge >= 0.3 is 0 Å². The molecule has 34 heavy (non-hydrogen) atoms. The van der Waals surface area contributed by atoms with Gasteiger partial charge in [0, 0.05) is 55.9 Å². The van der Waals surface area contributed by atoms with Crippen molar-refractivity contribution in [2.45, 2.75) is 26.4 Å². The summed E-state index contributed by atoms with van der Waals surface area (Å²) in [5, 5.41) is 10.5. The number of amides is 1. The molecule has 176 valence electrons. The molecule has 2 saturated heterocycles. The number of hydrogen-bond donors (Lipinski definition) is 3. The highest BCUT2D eigenvalue weighted by Gasteiger charge is 2.43. The number of nitrogens with one attached hydrogen (secondary N) is 3. The smallest absolute Gasteiger partial charge is 0.256 e. The predicted octanol–water partition coefficient (Wildman–Crippen LogP) is 3.78. The fourth-order valence-electron chi connectivity index (χ4n) is 4.50.